The van der Waals surface area contributed by atoms with Crippen molar-refractivity contribution in [2.45, 2.75) is 25.9 Å². The van der Waals surface area contributed by atoms with Gasteiger partial charge in [0.25, 0.3) is 5.91 Å². The number of benzene rings is 1. The van der Waals surface area contributed by atoms with Crippen LogP contribution < -0.4 is 10.1 Å². The van der Waals surface area contributed by atoms with E-state index in [1.807, 2.05) is 12.1 Å². The standard InChI is InChI=1S/C14H19NO3/c1-10(16)12-4-2-3-5-13(12)18-9-14(17)15-8-11-6-7-11/h2-5,10-11,16H,6-9H2,1H3,(H,15,17)/t10-/m1/s1. The molecule has 0 aromatic heterocycles. The van der Waals surface area contributed by atoms with Crippen LogP contribution in [0, 0.1) is 5.92 Å². The number of para-hydroxylation sites is 1. The van der Waals surface area contributed by atoms with Gasteiger partial charge in [-0.25, -0.2) is 0 Å². The molecule has 1 amide bonds. The number of carbonyl (C=O) groups excluding carboxylic acids is 1. The van der Waals surface area contributed by atoms with Gasteiger partial charge in [-0.15, -0.1) is 0 Å². The normalized spacial score (nSPS) is 16.1. The molecule has 2 rings (SSSR count). The van der Waals surface area contributed by atoms with E-state index in [1.54, 1.807) is 19.1 Å². The molecule has 98 valence electrons. The van der Waals surface area contributed by atoms with Crippen molar-refractivity contribution in [3.63, 3.8) is 0 Å². The van der Waals surface area contributed by atoms with Crippen LogP contribution in [0.25, 0.3) is 0 Å². The zero-order chi connectivity index (χ0) is 13.0. The maximum atomic E-state index is 11.5. The van der Waals surface area contributed by atoms with Crippen LogP contribution in [0.3, 0.4) is 0 Å². The second-order valence-corrected chi connectivity index (χ2v) is 4.75. The fourth-order valence-electron chi connectivity index (χ4n) is 1.73. The number of rotatable bonds is 6. The predicted octanol–water partition coefficient (Wildman–Crippen LogP) is 1.64. The second kappa shape index (κ2) is 5.87. The van der Waals surface area contributed by atoms with E-state index in [2.05, 4.69) is 5.32 Å². The maximum absolute atomic E-state index is 11.5. The Morgan fingerprint density at radius 3 is 2.89 bits per heavy atom. The molecule has 1 aromatic rings. The lowest BCUT2D eigenvalue weighted by Gasteiger charge is -2.13. The number of carbonyl (C=O) groups is 1. The third-order valence-electron chi connectivity index (χ3n) is 3.01. The first kappa shape index (κ1) is 12.9. The second-order valence-electron chi connectivity index (χ2n) is 4.75. The highest BCUT2D eigenvalue weighted by Crippen LogP contribution is 2.27. The molecular weight excluding hydrogens is 230 g/mol. The molecule has 0 radical (unpaired) electrons. The van der Waals surface area contributed by atoms with E-state index >= 15 is 0 Å². The van der Waals surface area contributed by atoms with Crippen LogP contribution in [0.1, 0.15) is 31.4 Å². The van der Waals surface area contributed by atoms with Gasteiger partial charge in [0.15, 0.2) is 6.61 Å². The van der Waals surface area contributed by atoms with E-state index in [4.69, 9.17) is 4.74 Å². The molecule has 0 spiro atoms. The molecule has 4 heteroatoms. The third-order valence-corrected chi connectivity index (χ3v) is 3.01. The topological polar surface area (TPSA) is 58.6 Å². The average Bonchev–Trinajstić information content (AvgIpc) is 3.18. The summed E-state index contributed by atoms with van der Waals surface area (Å²) in [4.78, 5) is 11.5. The Hall–Kier alpha value is -1.55. The van der Waals surface area contributed by atoms with Crippen LogP contribution in [-0.4, -0.2) is 24.2 Å². The van der Waals surface area contributed by atoms with Gasteiger partial charge in [-0.3, -0.25) is 4.79 Å². The summed E-state index contributed by atoms with van der Waals surface area (Å²) in [5, 5.41) is 12.4. The van der Waals surface area contributed by atoms with Crippen molar-refractivity contribution in [2.24, 2.45) is 5.92 Å². The number of amides is 1. The molecule has 1 aliphatic rings. The molecule has 1 aliphatic carbocycles. The molecule has 4 nitrogen and oxygen atoms in total. The number of hydrogen-bond acceptors (Lipinski definition) is 3. The summed E-state index contributed by atoms with van der Waals surface area (Å²) in [6.07, 6.45) is 1.83. The molecular formula is C14H19NO3. The van der Waals surface area contributed by atoms with E-state index in [9.17, 15) is 9.90 Å². The van der Waals surface area contributed by atoms with E-state index in [0.717, 1.165) is 6.54 Å². The summed E-state index contributed by atoms with van der Waals surface area (Å²) in [5.74, 6) is 1.12. The molecule has 1 aromatic carbocycles. The Bertz CT molecular complexity index is 413. The molecule has 1 saturated carbocycles. The molecule has 0 heterocycles. The largest absolute Gasteiger partial charge is 0.483 e. The van der Waals surface area contributed by atoms with Crippen LogP contribution in [0.2, 0.25) is 0 Å². The van der Waals surface area contributed by atoms with Crippen LogP contribution in [-0.2, 0) is 4.79 Å². The Morgan fingerprint density at radius 1 is 1.50 bits per heavy atom. The van der Waals surface area contributed by atoms with Gasteiger partial charge in [0.1, 0.15) is 5.75 Å². The lowest BCUT2D eigenvalue weighted by molar-refractivity contribution is -0.123. The zero-order valence-electron chi connectivity index (χ0n) is 10.6. The van der Waals surface area contributed by atoms with E-state index in [0.29, 0.717) is 17.2 Å². The lowest BCUT2D eigenvalue weighted by atomic mass is 10.1. The Morgan fingerprint density at radius 2 is 2.22 bits per heavy atom. The molecule has 2 N–H and O–H groups in total. The van der Waals surface area contributed by atoms with Crippen molar-refractivity contribution in [1.29, 1.82) is 0 Å². The maximum Gasteiger partial charge on any atom is 0.257 e. The summed E-state index contributed by atoms with van der Waals surface area (Å²) >= 11 is 0. The number of nitrogens with one attached hydrogen (secondary N) is 1. The molecule has 1 atom stereocenters. The minimum absolute atomic E-state index is 0.00352. The average molecular weight is 249 g/mol. The highest BCUT2D eigenvalue weighted by atomic mass is 16.5. The summed E-state index contributed by atoms with van der Waals surface area (Å²) in [5.41, 5.74) is 0.701. The molecule has 0 bridgehead atoms. The van der Waals surface area contributed by atoms with E-state index in [-0.39, 0.29) is 12.5 Å². The van der Waals surface area contributed by atoms with E-state index < -0.39 is 6.10 Å². The first-order chi connectivity index (χ1) is 8.66. The highest BCUT2D eigenvalue weighted by molar-refractivity contribution is 5.77. The molecule has 0 unspecified atom stereocenters. The summed E-state index contributed by atoms with van der Waals surface area (Å²) in [6, 6.07) is 7.21. The SMILES string of the molecule is C[C@@H](O)c1ccccc1OCC(=O)NCC1CC1. The smallest absolute Gasteiger partial charge is 0.257 e. The lowest BCUT2D eigenvalue weighted by Crippen LogP contribution is -2.30. The molecule has 18 heavy (non-hydrogen) atoms. The molecule has 0 saturated heterocycles. The summed E-state index contributed by atoms with van der Waals surface area (Å²) in [6.45, 7) is 2.42. The van der Waals surface area contributed by atoms with Gasteiger partial charge < -0.3 is 15.2 Å². The van der Waals surface area contributed by atoms with Crippen molar-refractivity contribution in [2.75, 3.05) is 13.2 Å². The van der Waals surface area contributed by atoms with Crippen molar-refractivity contribution in [3.8, 4) is 5.75 Å². The van der Waals surface area contributed by atoms with Gasteiger partial charge in [0.2, 0.25) is 0 Å². The third kappa shape index (κ3) is 3.74. The van der Waals surface area contributed by atoms with Gasteiger partial charge in [-0.2, -0.15) is 0 Å². The highest BCUT2D eigenvalue weighted by Gasteiger charge is 2.21. The Labute approximate surface area is 107 Å². The summed E-state index contributed by atoms with van der Waals surface area (Å²) in [7, 11) is 0. The monoisotopic (exact) mass is 249 g/mol. The molecule has 0 aliphatic heterocycles. The number of aliphatic hydroxyl groups excluding tert-OH is 1. The van der Waals surface area contributed by atoms with Crippen LogP contribution in [0.4, 0.5) is 0 Å². The number of ether oxygens (including phenoxy) is 1. The van der Waals surface area contributed by atoms with Gasteiger partial charge >= 0.3 is 0 Å². The van der Waals surface area contributed by atoms with Gasteiger partial charge in [-0.05, 0) is 31.7 Å². The minimum Gasteiger partial charge on any atom is -0.483 e. The van der Waals surface area contributed by atoms with Gasteiger partial charge in [0, 0.05) is 12.1 Å². The van der Waals surface area contributed by atoms with Crippen LogP contribution >= 0.6 is 0 Å². The summed E-state index contributed by atoms with van der Waals surface area (Å²) < 4.78 is 5.44. The minimum atomic E-state index is -0.601. The van der Waals surface area contributed by atoms with Crippen LogP contribution in [0.15, 0.2) is 24.3 Å². The first-order valence-corrected chi connectivity index (χ1v) is 6.33. The van der Waals surface area contributed by atoms with Crippen molar-refractivity contribution in [3.05, 3.63) is 29.8 Å². The zero-order valence-corrected chi connectivity index (χ0v) is 10.6. The first-order valence-electron chi connectivity index (χ1n) is 6.33. The number of hydrogen-bond donors (Lipinski definition) is 2. The quantitative estimate of drug-likeness (QED) is 0.806. The van der Waals surface area contributed by atoms with Crippen molar-refractivity contribution < 1.29 is 14.6 Å². The van der Waals surface area contributed by atoms with Gasteiger partial charge in [0.05, 0.1) is 6.10 Å². The fourth-order valence-corrected chi connectivity index (χ4v) is 1.73. The van der Waals surface area contributed by atoms with Crippen LogP contribution in [0.5, 0.6) is 5.75 Å². The Kier molecular flexibility index (Phi) is 4.20. The fraction of sp³-hybridized carbons (Fsp3) is 0.500. The van der Waals surface area contributed by atoms with Gasteiger partial charge in [-0.1, -0.05) is 18.2 Å². The van der Waals surface area contributed by atoms with Crippen molar-refractivity contribution >= 4 is 5.91 Å². The predicted molar refractivity (Wildman–Crippen MR) is 68.3 cm³/mol. The van der Waals surface area contributed by atoms with Crippen molar-refractivity contribution in [1.82, 2.24) is 5.32 Å². The van der Waals surface area contributed by atoms with E-state index in [1.165, 1.54) is 12.8 Å². The molecule has 1 fully saturated rings. The number of aliphatic hydroxyl groups is 1. The Balaban J connectivity index is 1.82.